The maximum atomic E-state index is 6.37. The molecular weight excluding hydrogens is 386 g/mol. The maximum absolute atomic E-state index is 6.37. The van der Waals surface area contributed by atoms with Crippen LogP contribution in [0.2, 0.25) is 0 Å². The zero-order valence-corrected chi connectivity index (χ0v) is 17.7. The Morgan fingerprint density at radius 2 is 1.74 bits per heavy atom. The van der Waals surface area contributed by atoms with E-state index < -0.39 is 0 Å². The topological polar surface area (TPSA) is 55.2 Å². The monoisotopic (exact) mass is 411 g/mol. The minimum atomic E-state index is -0.0473. The molecule has 0 amide bonds. The van der Waals surface area contributed by atoms with E-state index in [-0.39, 0.29) is 6.10 Å². The molecule has 1 unspecified atom stereocenters. The molecule has 0 fully saturated rings. The molecule has 156 valence electrons. The summed E-state index contributed by atoms with van der Waals surface area (Å²) in [6, 6.07) is 22.7. The van der Waals surface area contributed by atoms with Crippen molar-refractivity contribution in [1.82, 2.24) is 19.7 Å². The van der Waals surface area contributed by atoms with Crippen molar-refractivity contribution in [3.8, 4) is 17.0 Å². The fourth-order valence-electron chi connectivity index (χ4n) is 3.88. The molecule has 1 aliphatic rings. The Balaban J connectivity index is 1.36. The molecule has 5 rings (SSSR count). The number of aromatic nitrogens is 3. The molecule has 31 heavy (non-hydrogen) atoms. The first-order valence-electron chi connectivity index (χ1n) is 10.4. The SMILES string of the molecule is CN1Cc2ccc(Nc3ccc(-c4cnn(C)c4)cc3)nc2OC(c2ccccc2)C1. The maximum Gasteiger partial charge on any atom is 0.220 e. The number of benzene rings is 2. The summed E-state index contributed by atoms with van der Waals surface area (Å²) in [4.78, 5) is 7.06. The van der Waals surface area contributed by atoms with E-state index in [2.05, 4.69) is 64.8 Å². The summed E-state index contributed by atoms with van der Waals surface area (Å²) in [6.45, 7) is 1.63. The lowest BCUT2D eigenvalue weighted by molar-refractivity contribution is 0.160. The van der Waals surface area contributed by atoms with E-state index >= 15 is 0 Å². The van der Waals surface area contributed by atoms with Gasteiger partial charge in [-0.3, -0.25) is 9.58 Å². The van der Waals surface area contributed by atoms with Crippen molar-refractivity contribution in [3.63, 3.8) is 0 Å². The Morgan fingerprint density at radius 1 is 0.935 bits per heavy atom. The zero-order chi connectivity index (χ0) is 21.2. The average molecular weight is 412 g/mol. The largest absolute Gasteiger partial charge is 0.468 e. The third-order valence-electron chi connectivity index (χ3n) is 5.48. The van der Waals surface area contributed by atoms with Crippen LogP contribution < -0.4 is 10.1 Å². The van der Waals surface area contributed by atoms with E-state index in [4.69, 9.17) is 9.72 Å². The fraction of sp³-hybridized carbons (Fsp3) is 0.200. The van der Waals surface area contributed by atoms with E-state index in [9.17, 15) is 0 Å². The van der Waals surface area contributed by atoms with Crippen molar-refractivity contribution in [2.24, 2.45) is 7.05 Å². The number of nitrogens with zero attached hydrogens (tertiary/aromatic N) is 4. The Hall–Kier alpha value is -3.64. The Labute approximate surface area is 182 Å². The lowest BCUT2D eigenvalue weighted by atomic mass is 10.1. The molecular formula is C25H25N5O. The van der Waals surface area contributed by atoms with Crippen LogP contribution >= 0.6 is 0 Å². The van der Waals surface area contributed by atoms with Gasteiger partial charge in [0.1, 0.15) is 11.9 Å². The number of hydrogen-bond donors (Lipinski definition) is 1. The zero-order valence-electron chi connectivity index (χ0n) is 17.7. The van der Waals surface area contributed by atoms with Gasteiger partial charge in [-0.2, -0.15) is 10.1 Å². The minimum absolute atomic E-state index is 0.0473. The van der Waals surface area contributed by atoms with Crippen molar-refractivity contribution >= 4 is 11.5 Å². The average Bonchev–Trinajstić information content (AvgIpc) is 3.14. The van der Waals surface area contributed by atoms with Crippen LogP contribution in [-0.4, -0.2) is 33.3 Å². The highest BCUT2D eigenvalue weighted by molar-refractivity contribution is 5.66. The first-order chi connectivity index (χ1) is 15.1. The molecule has 0 saturated carbocycles. The van der Waals surface area contributed by atoms with Gasteiger partial charge < -0.3 is 10.1 Å². The lowest BCUT2D eigenvalue weighted by Crippen LogP contribution is -2.24. The summed E-state index contributed by atoms with van der Waals surface area (Å²) >= 11 is 0. The van der Waals surface area contributed by atoms with Crippen LogP contribution in [0.3, 0.4) is 0 Å². The molecule has 0 aliphatic carbocycles. The number of likely N-dealkylation sites (N-methyl/N-ethyl adjacent to an activating group) is 1. The molecule has 0 saturated heterocycles. The van der Waals surface area contributed by atoms with Gasteiger partial charge in [-0.15, -0.1) is 0 Å². The molecule has 4 aromatic rings. The molecule has 0 radical (unpaired) electrons. The standard InChI is InChI=1S/C25H25N5O/c1-29-15-20-10-13-24(28-25(20)31-23(17-29)19-6-4-3-5-7-19)27-22-11-8-18(9-12-22)21-14-26-30(2)16-21/h3-14,16,23H,15,17H2,1-2H3,(H,27,28). The Bertz CT molecular complexity index is 1170. The summed E-state index contributed by atoms with van der Waals surface area (Å²) < 4.78 is 8.18. The number of anilines is 2. The number of nitrogens with one attached hydrogen (secondary N) is 1. The van der Waals surface area contributed by atoms with Crippen molar-refractivity contribution < 1.29 is 4.74 Å². The number of rotatable bonds is 4. The van der Waals surface area contributed by atoms with Crippen molar-refractivity contribution in [1.29, 1.82) is 0 Å². The van der Waals surface area contributed by atoms with Crippen LogP contribution in [0, 0.1) is 0 Å². The summed E-state index contributed by atoms with van der Waals surface area (Å²) in [5, 5.41) is 7.64. The summed E-state index contributed by atoms with van der Waals surface area (Å²) in [6.07, 6.45) is 3.83. The molecule has 1 N–H and O–H groups in total. The number of pyridine rings is 1. The first kappa shape index (κ1) is 19.3. The second-order valence-corrected chi connectivity index (χ2v) is 7.98. The van der Waals surface area contributed by atoms with E-state index in [1.54, 1.807) is 4.68 Å². The third-order valence-corrected chi connectivity index (χ3v) is 5.48. The Kier molecular flexibility index (Phi) is 5.14. The third kappa shape index (κ3) is 4.29. The van der Waals surface area contributed by atoms with Crippen molar-refractivity contribution in [3.05, 3.63) is 90.3 Å². The normalized spacial score (nSPS) is 16.3. The summed E-state index contributed by atoms with van der Waals surface area (Å²) in [7, 11) is 4.04. The van der Waals surface area contributed by atoms with Gasteiger partial charge in [-0.1, -0.05) is 42.5 Å². The molecule has 6 nitrogen and oxygen atoms in total. The molecule has 6 heteroatoms. The van der Waals surface area contributed by atoms with E-state index in [0.717, 1.165) is 46.8 Å². The van der Waals surface area contributed by atoms with Crippen LogP contribution in [0.15, 0.2) is 79.1 Å². The highest BCUT2D eigenvalue weighted by Gasteiger charge is 2.23. The second-order valence-electron chi connectivity index (χ2n) is 7.98. The number of ether oxygens (including phenoxy) is 1. The molecule has 3 heterocycles. The van der Waals surface area contributed by atoms with E-state index in [1.807, 2.05) is 43.7 Å². The molecule has 2 aromatic carbocycles. The van der Waals surface area contributed by atoms with Gasteiger partial charge in [0.25, 0.3) is 0 Å². The van der Waals surface area contributed by atoms with Crippen molar-refractivity contribution in [2.75, 3.05) is 18.9 Å². The quantitative estimate of drug-likeness (QED) is 0.523. The molecule has 0 bridgehead atoms. The second kappa shape index (κ2) is 8.24. The van der Waals surface area contributed by atoms with Gasteiger partial charge in [0.2, 0.25) is 5.88 Å². The first-order valence-corrected chi connectivity index (χ1v) is 10.4. The Morgan fingerprint density at radius 3 is 2.48 bits per heavy atom. The summed E-state index contributed by atoms with van der Waals surface area (Å²) in [5.41, 5.74) is 5.46. The van der Waals surface area contributed by atoms with Crippen LogP contribution in [0.1, 0.15) is 17.2 Å². The lowest BCUT2D eigenvalue weighted by Gasteiger charge is -2.20. The molecule has 1 aliphatic heterocycles. The van der Waals surface area contributed by atoms with Gasteiger partial charge in [-0.25, -0.2) is 0 Å². The highest BCUT2D eigenvalue weighted by atomic mass is 16.5. The number of hydrogen-bond acceptors (Lipinski definition) is 5. The predicted molar refractivity (Wildman–Crippen MR) is 122 cm³/mol. The van der Waals surface area contributed by atoms with E-state index in [1.165, 1.54) is 0 Å². The fourth-order valence-corrected chi connectivity index (χ4v) is 3.88. The van der Waals surface area contributed by atoms with E-state index in [0.29, 0.717) is 5.88 Å². The number of aryl methyl sites for hydroxylation is 1. The van der Waals surface area contributed by atoms with Gasteiger partial charge >= 0.3 is 0 Å². The van der Waals surface area contributed by atoms with Gasteiger partial charge in [-0.05, 0) is 42.4 Å². The van der Waals surface area contributed by atoms with Gasteiger partial charge in [0.15, 0.2) is 0 Å². The van der Waals surface area contributed by atoms with Crippen LogP contribution in [0.25, 0.3) is 11.1 Å². The minimum Gasteiger partial charge on any atom is -0.468 e. The van der Waals surface area contributed by atoms with Crippen LogP contribution in [0.4, 0.5) is 11.5 Å². The van der Waals surface area contributed by atoms with Gasteiger partial charge in [0, 0.05) is 43.1 Å². The molecule has 2 aromatic heterocycles. The smallest absolute Gasteiger partial charge is 0.220 e. The molecule has 0 spiro atoms. The van der Waals surface area contributed by atoms with Crippen LogP contribution in [-0.2, 0) is 13.6 Å². The van der Waals surface area contributed by atoms with Crippen molar-refractivity contribution in [2.45, 2.75) is 12.6 Å². The van der Waals surface area contributed by atoms with Gasteiger partial charge in [0.05, 0.1) is 6.20 Å². The highest BCUT2D eigenvalue weighted by Crippen LogP contribution is 2.31. The summed E-state index contributed by atoms with van der Waals surface area (Å²) in [5.74, 6) is 1.46. The number of fused-ring (bicyclic) bond motifs is 1. The predicted octanol–water partition coefficient (Wildman–Crippen LogP) is 4.79. The molecule has 1 atom stereocenters. The van der Waals surface area contributed by atoms with Crippen LogP contribution in [0.5, 0.6) is 5.88 Å².